The molecular weight excluding hydrogens is 256 g/mol. The van der Waals surface area contributed by atoms with Gasteiger partial charge in [-0.25, -0.2) is 0 Å². The molecule has 0 spiro atoms. The zero-order valence-corrected chi connectivity index (χ0v) is 12.2. The Hall–Kier alpha value is -1.75. The molecule has 1 atom stereocenters. The van der Waals surface area contributed by atoms with Crippen molar-refractivity contribution in [2.24, 2.45) is 0 Å². The van der Waals surface area contributed by atoms with Crippen LogP contribution in [-0.4, -0.2) is 24.7 Å². The molecule has 0 bridgehead atoms. The van der Waals surface area contributed by atoms with Crippen LogP contribution in [0.5, 0.6) is 5.75 Å². The number of ether oxygens (including phenoxy) is 2. The molecule has 0 aliphatic carbocycles. The third kappa shape index (κ3) is 3.42. The zero-order chi connectivity index (χ0) is 14.8. The van der Waals surface area contributed by atoms with Crippen molar-refractivity contribution in [2.45, 2.75) is 38.8 Å². The molecule has 1 aliphatic rings. The molecular formula is C15H22N2O3. The highest BCUT2D eigenvalue weighted by atomic mass is 16.5. The number of nitrogens with two attached hydrogens (primary N) is 1. The molecule has 110 valence electrons. The summed E-state index contributed by atoms with van der Waals surface area (Å²) in [6.07, 6.45) is 0.696. The fraction of sp³-hybridized carbons (Fsp3) is 0.533. The fourth-order valence-electron chi connectivity index (χ4n) is 2.43. The van der Waals surface area contributed by atoms with Crippen LogP contribution in [0.3, 0.4) is 0 Å². The summed E-state index contributed by atoms with van der Waals surface area (Å²) in [6.45, 7) is 6.48. The molecule has 1 aromatic carbocycles. The second kappa shape index (κ2) is 5.71. The summed E-state index contributed by atoms with van der Waals surface area (Å²) in [6, 6.07) is 5.41. The maximum Gasteiger partial charge on any atom is 0.246 e. The molecule has 1 aliphatic heterocycles. The minimum absolute atomic E-state index is 0.0753. The summed E-state index contributed by atoms with van der Waals surface area (Å²) in [7, 11) is 0. The summed E-state index contributed by atoms with van der Waals surface area (Å²) in [5, 5.41) is 2.99. The van der Waals surface area contributed by atoms with Crippen molar-refractivity contribution >= 4 is 11.6 Å². The SMILES string of the molecule is CCOCC(=O)NC1CC(C)(C)Oc2ccc(N)cc21. The molecule has 20 heavy (non-hydrogen) atoms. The first kappa shape index (κ1) is 14.7. The number of carbonyl (C=O) groups is 1. The number of hydrogen-bond acceptors (Lipinski definition) is 4. The van der Waals surface area contributed by atoms with Crippen LogP contribution in [0.2, 0.25) is 0 Å². The molecule has 1 aromatic rings. The minimum Gasteiger partial charge on any atom is -0.487 e. The lowest BCUT2D eigenvalue weighted by atomic mass is 9.89. The van der Waals surface area contributed by atoms with E-state index in [-0.39, 0.29) is 24.2 Å². The van der Waals surface area contributed by atoms with Gasteiger partial charge in [-0.05, 0) is 39.0 Å². The van der Waals surface area contributed by atoms with E-state index < -0.39 is 0 Å². The zero-order valence-electron chi connectivity index (χ0n) is 12.2. The van der Waals surface area contributed by atoms with Gasteiger partial charge in [-0.3, -0.25) is 4.79 Å². The molecule has 5 nitrogen and oxygen atoms in total. The number of carbonyl (C=O) groups excluding carboxylic acids is 1. The highest BCUT2D eigenvalue weighted by Gasteiger charge is 2.34. The van der Waals surface area contributed by atoms with E-state index in [1.165, 1.54) is 0 Å². The van der Waals surface area contributed by atoms with Gasteiger partial charge in [0.05, 0.1) is 6.04 Å². The summed E-state index contributed by atoms with van der Waals surface area (Å²) in [4.78, 5) is 11.9. The van der Waals surface area contributed by atoms with Gasteiger partial charge in [-0.2, -0.15) is 0 Å². The predicted molar refractivity (Wildman–Crippen MR) is 77.6 cm³/mol. The smallest absolute Gasteiger partial charge is 0.246 e. The Morgan fingerprint density at radius 1 is 1.55 bits per heavy atom. The van der Waals surface area contributed by atoms with Gasteiger partial charge in [-0.1, -0.05) is 0 Å². The number of amides is 1. The number of benzene rings is 1. The molecule has 3 N–H and O–H groups in total. The molecule has 1 amide bonds. The van der Waals surface area contributed by atoms with Crippen molar-refractivity contribution in [3.8, 4) is 5.75 Å². The molecule has 1 heterocycles. The van der Waals surface area contributed by atoms with Crippen LogP contribution in [0.4, 0.5) is 5.69 Å². The number of fused-ring (bicyclic) bond motifs is 1. The minimum atomic E-state index is -0.327. The highest BCUT2D eigenvalue weighted by molar-refractivity contribution is 5.78. The van der Waals surface area contributed by atoms with Crippen LogP contribution < -0.4 is 15.8 Å². The van der Waals surface area contributed by atoms with E-state index >= 15 is 0 Å². The van der Waals surface area contributed by atoms with Gasteiger partial charge in [0.2, 0.25) is 5.91 Å². The number of nitrogens with one attached hydrogen (secondary N) is 1. The van der Waals surface area contributed by atoms with Crippen molar-refractivity contribution in [3.63, 3.8) is 0 Å². The van der Waals surface area contributed by atoms with E-state index in [0.717, 1.165) is 11.3 Å². The Morgan fingerprint density at radius 2 is 2.30 bits per heavy atom. The van der Waals surface area contributed by atoms with Gasteiger partial charge < -0.3 is 20.5 Å². The van der Waals surface area contributed by atoms with Crippen LogP contribution in [0.15, 0.2) is 18.2 Å². The van der Waals surface area contributed by atoms with Gasteiger partial charge in [0.15, 0.2) is 0 Å². The highest BCUT2D eigenvalue weighted by Crippen LogP contribution is 2.40. The third-order valence-electron chi connectivity index (χ3n) is 3.26. The topological polar surface area (TPSA) is 73.6 Å². The first-order valence-corrected chi connectivity index (χ1v) is 6.87. The molecule has 5 heteroatoms. The lowest BCUT2D eigenvalue weighted by Crippen LogP contribution is -2.42. The fourth-order valence-corrected chi connectivity index (χ4v) is 2.43. The molecule has 1 unspecified atom stereocenters. The number of hydrogen-bond donors (Lipinski definition) is 2. The average molecular weight is 278 g/mol. The number of anilines is 1. The summed E-state index contributed by atoms with van der Waals surface area (Å²) in [5.41, 5.74) is 7.09. The number of nitrogen functional groups attached to an aromatic ring is 1. The Kier molecular flexibility index (Phi) is 4.18. The van der Waals surface area contributed by atoms with E-state index in [2.05, 4.69) is 5.32 Å². The Balaban J connectivity index is 2.20. The van der Waals surface area contributed by atoms with E-state index in [9.17, 15) is 4.79 Å². The van der Waals surface area contributed by atoms with Gasteiger partial charge in [0.1, 0.15) is 18.0 Å². The van der Waals surface area contributed by atoms with E-state index in [1.807, 2.05) is 32.9 Å². The first-order chi connectivity index (χ1) is 9.41. The van der Waals surface area contributed by atoms with Gasteiger partial charge in [0, 0.05) is 24.3 Å². The monoisotopic (exact) mass is 278 g/mol. The molecule has 2 rings (SSSR count). The van der Waals surface area contributed by atoms with Crippen molar-refractivity contribution in [1.29, 1.82) is 0 Å². The number of rotatable bonds is 4. The van der Waals surface area contributed by atoms with Crippen LogP contribution in [0.1, 0.15) is 38.8 Å². The van der Waals surface area contributed by atoms with Crippen molar-refractivity contribution in [1.82, 2.24) is 5.32 Å². The van der Waals surface area contributed by atoms with Gasteiger partial charge in [-0.15, -0.1) is 0 Å². The molecule has 0 saturated heterocycles. The van der Waals surface area contributed by atoms with Crippen molar-refractivity contribution < 1.29 is 14.3 Å². The molecule has 0 fully saturated rings. The lowest BCUT2D eigenvalue weighted by molar-refractivity contribution is -0.126. The molecule has 0 saturated carbocycles. The summed E-state index contributed by atoms with van der Waals surface area (Å²) >= 11 is 0. The predicted octanol–water partition coefficient (Wildman–Crippen LogP) is 2.02. The molecule has 0 aromatic heterocycles. The Bertz CT molecular complexity index is 500. The van der Waals surface area contributed by atoms with Crippen molar-refractivity contribution in [2.75, 3.05) is 18.9 Å². The van der Waals surface area contributed by atoms with Crippen LogP contribution in [0.25, 0.3) is 0 Å². The van der Waals surface area contributed by atoms with E-state index in [4.69, 9.17) is 15.2 Å². The standard InChI is InChI=1S/C15H22N2O3/c1-4-19-9-14(18)17-12-8-15(2,3)20-13-6-5-10(16)7-11(12)13/h5-7,12H,4,8-9,16H2,1-3H3,(H,17,18). The normalized spacial score (nSPS) is 19.9. The van der Waals surface area contributed by atoms with E-state index in [1.54, 1.807) is 6.07 Å². The van der Waals surface area contributed by atoms with Crippen LogP contribution in [0, 0.1) is 0 Å². The summed E-state index contributed by atoms with van der Waals surface area (Å²) < 4.78 is 11.1. The maximum atomic E-state index is 11.9. The Morgan fingerprint density at radius 3 is 3.00 bits per heavy atom. The van der Waals surface area contributed by atoms with Gasteiger partial charge in [0.25, 0.3) is 0 Å². The Labute approximate surface area is 119 Å². The second-order valence-electron chi connectivity index (χ2n) is 5.62. The quantitative estimate of drug-likeness (QED) is 0.826. The largest absolute Gasteiger partial charge is 0.487 e. The molecule has 0 radical (unpaired) electrons. The van der Waals surface area contributed by atoms with Crippen LogP contribution >= 0.6 is 0 Å². The lowest BCUT2D eigenvalue weighted by Gasteiger charge is -2.38. The van der Waals surface area contributed by atoms with Gasteiger partial charge >= 0.3 is 0 Å². The third-order valence-corrected chi connectivity index (χ3v) is 3.26. The van der Waals surface area contributed by atoms with Crippen LogP contribution in [-0.2, 0) is 9.53 Å². The maximum absolute atomic E-state index is 11.9. The second-order valence-corrected chi connectivity index (χ2v) is 5.62. The van der Waals surface area contributed by atoms with Crippen molar-refractivity contribution in [3.05, 3.63) is 23.8 Å². The van der Waals surface area contributed by atoms with E-state index in [0.29, 0.717) is 18.7 Å². The average Bonchev–Trinajstić information content (AvgIpc) is 2.36. The first-order valence-electron chi connectivity index (χ1n) is 6.87. The summed E-state index contributed by atoms with van der Waals surface area (Å²) in [5.74, 6) is 0.653.